The van der Waals surface area contributed by atoms with Crippen LogP contribution in [0.1, 0.15) is 222 Å². The molecule has 1 saturated heterocycles. The number of rotatable bonds is 19. The van der Waals surface area contributed by atoms with Crippen molar-refractivity contribution in [1.29, 1.82) is 0 Å². The van der Waals surface area contributed by atoms with Crippen LogP contribution in [0.25, 0.3) is 41.9 Å². The number of nitrogens with one attached hydrogen (secondary N) is 5. The van der Waals surface area contributed by atoms with Crippen LogP contribution >= 0.6 is 222 Å². The quantitative estimate of drug-likeness (QED) is 0.0268. The Bertz CT molecular complexity index is 6440. The largest absolute Gasteiger partial charge is 0.494 e. The van der Waals surface area contributed by atoms with Gasteiger partial charge >= 0.3 is 21.4 Å². The van der Waals surface area contributed by atoms with Crippen LogP contribution in [0.4, 0.5) is 17.5 Å². The summed E-state index contributed by atoms with van der Waals surface area (Å²) in [6, 6.07) is 36.5. The Morgan fingerprint density at radius 1 is 0.401 bits per heavy atom. The van der Waals surface area contributed by atoms with Crippen molar-refractivity contribution in [3.63, 3.8) is 0 Å². The third-order valence-electron chi connectivity index (χ3n) is 24.2. The van der Waals surface area contributed by atoms with Crippen molar-refractivity contribution in [3.8, 4) is 11.3 Å². The molecule has 9 aliphatic rings. The van der Waals surface area contributed by atoms with E-state index in [0.717, 1.165) is 144 Å². The van der Waals surface area contributed by atoms with Gasteiger partial charge in [0, 0.05) is 89.2 Å². The lowest BCUT2D eigenvalue weighted by molar-refractivity contribution is 0.00578. The number of nitrogens with zero attached hydrogens (tertiary/aromatic N) is 20. The zero-order valence-corrected chi connectivity index (χ0v) is 99.2. The average molecular weight is 2840 g/mol. The predicted octanol–water partition coefficient (Wildman–Crippen LogP) is 24.4. The van der Waals surface area contributed by atoms with Crippen LogP contribution in [0.2, 0.25) is 11.6 Å². The molecule has 14 aromatic heterocycles. The smallest absolute Gasteiger partial charge is 0.427 e. The minimum absolute atomic E-state index is 0. The van der Waals surface area contributed by atoms with Gasteiger partial charge in [0.05, 0.1) is 123 Å². The highest BCUT2D eigenvalue weighted by molar-refractivity contribution is 14.1. The number of benzene rings is 3. The summed E-state index contributed by atoms with van der Waals surface area (Å²) in [5.41, 5.74) is 6.20. The average Bonchev–Trinajstić information content (AvgIpc) is 1.62. The number of hydrogen-bond acceptors (Lipinski definition) is 26. The maximum Gasteiger partial charge on any atom is 0.494 e. The first-order valence-electron chi connectivity index (χ1n) is 46.6. The third kappa shape index (κ3) is 34.7. The minimum Gasteiger partial charge on any atom is -0.427 e. The summed E-state index contributed by atoms with van der Waals surface area (Å²) in [6.07, 6.45) is 55.4. The summed E-state index contributed by atoms with van der Waals surface area (Å²) in [5, 5.41) is 52.8. The van der Waals surface area contributed by atoms with E-state index in [2.05, 4.69) is 449 Å². The molecule has 746 valence electrons. The zero-order valence-electron chi connectivity index (χ0n) is 79.1. The van der Waals surface area contributed by atoms with E-state index < -0.39 is 14.2 Å². The Labute approximate surface area is 950 Å². The standard InChI is InChI=1S/C20H24BN3O2S.C20H19N5S.C14H12BrN3S.5C6H7IN2.2C3H7BO2.2C3H3IN2.H2S/c1-13(24-17-16-10-11-27-18(16)23-12-22-17)14-6-8-15(9-7-14)21-25-19(2,3)20(4,5)26-21;1-13(24-19-17-8-9-26-20(17)22-11-21-19)14-2-4-15(5-3-14)18-10-25(12-23-18)16-6-7-16;1-9(10-2-4-11(15)5-3-10)18-13-12-6-7-19-14(12)17-8-16-13;3*7-6-3-9(4-8-6)5-1-2-5;2*7-6-3-8-4-9(6)5-1-2-5;2*5-4(6)3-1-2-3;2*4-3-1-5-2-6-3;/h6-13H,1-5H3,(H,22,23,24);2-5,8-13,16H,6-7H2,1H3,(H,21,22,24);2-9H,1H3,(H,16,17,18);5*3-5H,1-2H2;2*3,5-6H,1-2H2;2*1-2H,(H,5,6);1H2/t2*13-;9-;;;;;;;;;;/m000........../s1. The summed E-state index contributed by atoms with van der Waals surface area (Å²) >= 11 is 24.0. The first kappa shape index (κ1) is 111. The molecular formula is C96H112B3BrI7N25O6S4. The Morgan fingerprint density at radius 2 is 0.725 bits per heavy atom. The number of halogens is 8. The van der Waals surface area contributed by atoms with Gasteiger partial charge in [-0.1, -0.05) is 102 Å². The Hall–Kier alpha value is -6.25. The normalized spacial score (nSPS) is 16.5. The molecule has 3 atom stereocenters. The minimum atomic E-state index is -1.04. The molecule has 1 aliphatic heterocycles. The van der Waals surface area contributed by atoms with Gasteiger partial charge in [0.15, 0.2) is 0 Å². The molecule has 142 heavy (non-hydrogen) atoms. The maximum absolute atomic E-state index is 8.25. The van der Waals surface area contributed by atoms with Crippen LogP contribution in [-0.4, -0.2) is 160 Å². The van der Waals surface area contributed by atoms with Crippen molar-refractivity contribution < 1.29 is 29.4 Å². The molecule has 26 rings (SSSR count). The lowest BCUT2D eigenvalue weighted by atomic mass is 9.78. The van der Waals surface area contributed by atoms with E-state index in [1.54, 1.807) is 78.0 Å². The van der Waals surface area contributed by atoms with Crippen LogP contribution in [0.3, 0.4) is 0 Å². The van der Waals surface area contributed by atoms with Gasteiger partial charge in [0.2, 0.25) is 0 Å². The van der Waals surface area contributed by atoms with Gasteiger partial charge in [-0.15, -0.1) is 34.0 Å². The Morgan fingerprint density at radius 3 is 0.993 bits per heavy atom. The van der Waals surface area contributed by atoms with Crippen LogP contribution in [0.5, 0.6) is 0 Å². The molecule has 0 bridgehead atoms. The van der Waals surface area contributed by atoms with Crippen LogP contribution in [0.15, 0.2) is 231 Å². The van der Waals surface area contributed by atoms with Crippen LogP contribution < -0.4 is 21.4 Å². The zero-order chi connectivity index (χ0) is 99.3. The molecule has 0 spiro atoms. The monoisotopic (exact) mass is 2840 g/mol. The predicted molar refractivity (Wildman–Crippen MR) is 636 cm³/mol. The SMILES string of the molecule is C[C@H](Nc1ncnc2sccc12)c1ccc(-c2cn(C3CC3)cn2)cc1.C[C@H](Nc1ncnc2sccc12)c1ccc(B2OC(C)(C)C(C)(C)O2)cc1.C[C@H](Nc1ncnc2sccc12)c1ccc(Br)cc1.Ic1cn(C2CC2)cn1.Ic1cn(C2CC2)cn1.Ic1cn(C2CC2)cn1.Ic1cnc[nH]1.Ic1cnc[nH]1.Ic1cncn1C1CC1.Ic1cncn1C1CC1.OB(O)C1CC1.OB(O)C1CC1.S. The second-order valence-electron chi connectivity index (χ2n) is 36.2. The summed E-state index contributed by atoms with van der Waals surface area (Å²) in [5.74, 6) is 3.07. The molecule has 0 radical (unpaired) electrons. The first-order valence-corrected chi connectivity index (χ1v) is 57.6. The summed E-state index contributed by atoms with van der Waals surface area (Å²) in [6.45, 7) is 14.7. The summed E-state index contributed by atoms with van der Waals surface area (Å²) < 4.78 is 34.6. The fourth-order valence-electron chi connectivity index (χ4n) is 14.0. The van der Waals surface area contributed by atoms with Crippen molar-refractivity contribution in [3.05, 3.63) is 273 Å². The molecule has 0 unspecified atom stereocenters. The fraction of sp³-hybridized carbons (Fsp3) is 0.375. The number of aromatic amines is 2. The van der Waals surface area contributed by atoms with E-state index in [4.69, 9.17) is 29.4 Å². The first-order chi connectivity index (χ1) is 68.0. The second-order valence-corrected chi connectivity index (χ2v) is 47.6. The number of fused-ring (bicyclic) bond motifs is 3. The molecule has 15 heterocycles. The number of thiophene rings is 3. The number of H-pyrrole nitrogens is 2. The molecule has 31 nitrogen and oxygen atoms in total. The second kappa shape index (κ2) is 53.8. The highest BCUT2D eigenvalue weighted by Gasteiger charge is 2.52. The highest BCUT2D eigenvalue weighted by Crippen LogP contribution is 2.43. The van der Waals surface area contributed by atoms with Gasteiger partial charge in [-0.2, -0.15) is 13.5 Å². The topological polar surface area (TPSA) is 377 Å². The van der Waals surface area contributed by atoms with Gasteiger partial charge < -0.3 is 82.7 Å². The number of hydrogen-bond donors (Lipinski definition) is 9. The van der Waals surface area contributed by atoms with E-state index in [-0.39, 0.29) is 61.6 Å². The fourth-order valence-corrected chi connectivity index (χ4v) is 19.8. The number of imidazole rings is 8. The van der Waals surface area contributed by atoms with E-state index in [9.17, 15) is 0 Å². The summed E-state index contributed by atoms with van der Waals surface area (Å²) in [4.78, 5) is 67.3. The molecule has 8 aliphatic carbocycles. The van der Waals surface area contributed by atoms with Crippen molar-refractivity contribution in [2.45, 2.75) is 228 Å². The van der Waals surface area contributed by atoms with E-state index >= 15 is 0 Å². The molecule has 0 amide bonds. The molecule has 8 saturated carbocycles. The number of anilines is 3. The molecule has 46 heteroatoms. The summed E-state index contributed by atoms with van der Waals surface area (Å²) in [7, 11) is -2.41. The Balaban J connectivity index is 0.000000128. The molecule has 17 aromatic rings. The van der Waals surface area contributed by atoms with Crippen LogP contribution in [-0.2, 0) is 9.31 Å². The lowest BCUT2D eigenvalue weighted by Gasteiger charge is -2.32. The van der Waals surface area contributed by atoms with E-state index in [1.165, 1.54) is 101 Å². The maximum atomic E-state index is 8.25. The molecular weight excluding hydrogens is 2730 g/mol. The van der Waals surface area contributed by atoms with Gasteiger partial charge in [-0.05, 0) is 364 Å². The van der Waals surface area contributed by atoms with Gasteiger partial charge in [-0.25, -0.2) is 69.8 Å². The van der Waals surface area contributed by atoms with Crippen molar-refractivity contribution in [1.82, 2.24) is 107 Å². The highest BCUT2D eigenvalue weighted by atomic mass is 127. The van der Waals surface area contributed by atoms with Crippen LogP contribution in [0, 0.1) is 25.9 Å². The third-order valence-corrected chi connectivity index (χ3v) is 31.7. The molecule has 9 N–H and O–H groups in total. The van der Waals surface area contributed by atoms with Crippen molar-refractivity contribution in [2.24, 2.45) is 0 Å². The van der Waals surface area contributed by atoms with Gasteiger partial charge in [0.25, 0.3) is 0 Å². The number of aromatic nitrogens is 22. The van der Waals surface area contributed by atoms with Gasteiger partial charge in [-0.3, -0.25) is 0 Å². The Kier molecular flexibility index (Phi) is 42.2. The van der Waals surface area contributed by atoms with E-state index in [1.807, 2.05) is 78.6 Å². The van der Waals surface area contributed by atoms with Crippen molar-refractivity contribution >= 4 is 296 Å². The molecule has 3 aromatic carbocycles. The lowest BCUT2D eigenvalue weighted by Crippen LogP contribution is -2.41. The van der Waals surface area contributed by atoms with Crippen molar-refractivity contribution in [2.75, 3.05) is 16.0 Å². The van der Waals surface area contributed by atoms with Gasteiger partial charge in [0.1, 0.15) is 62.0 Å². The molecule has 9 fully saturated rings. The van der Waals surface area contributed by atoms with E-state index in [0.29, 0.717) is 6.04 Å².